The van der Waals surface area contributed by atoms with Crippen molar-refractivity contribution in [3.8, 4) is 5.75 Å². The minimum atomic E-state index is -0.623. The molecule has 0 spiro atoms. The molecule has 2 aromatic rings. The average Bonchev–Trinajstić information content (AvgIpc) is 2.98. The summed E-state index contributed by atoms with van der Waals surface area (Å²) in [6.07, 6.45) is 4.03. The number of hydrazone groups is 1. The molecule has 0 radical (unpaired) electrons. The lowest BCUT2D eigenvalue weighted by Gasteiger charge is -2.17. The van der Waals surface area contributed by atoms with Crippen molar-refractivity contribution in [3.05, 3.63) is 46.8 Å². The summed E-state index contributed by atoms with van der Waals surface area (Å²) in [4.78, 5) is 12.3. The highest BCUT2D eigenvalue weighted by atomic mass is 16.5. The normalized spacial score (nSPS) is 16.4. The number of carbonyl (C=O) groups excluding carboxylic acids is 1. The number of benzene rings is 1. The molecule has 3 rings (SSSR count). The van der Waals surface area contributed by atoms with Gasteiger partial charge in [-0.1, -0.05) is 12.1 Å². The summed E-state index contributed by atoms with van der Waals surface area (Å²) < 4.78 is 7.68. The molecular weight excluding hydrogens is 316 g/mol. The van der Waals surface area contributed by atoms with Crippen LogP contribution in [0.3, 0.4) is 0 Å². The number of amides is 1. The molecule has 25 heavy (non-hydrogen) atoms. The Kier molecular flexibility index (Phi) is 4.88. The van der Waals surface area contributed by atoms with Crippen molar-refractivity contribution in [1.82, 2.24) is 15.2 Å². The zero-order chi connectivity index (χ0) is 18.0. The van der Waals surface area contributed by atoms with E-state index in [1.165, 1.54) is 5.69 Å². The van der Waals surface area contributed by atoms with Crippen LogP contribution in [0.1, 0.15) is 42.1 Å². The van der Waals surface area contributed by atoms with E-state index >= 15 is 0 Å². The SMILES string of the molecule is Cc1cccc(OC(C)C(=O)N/N=C2/CCCc3c2cnn3C)c1C. The molecule has 1 aromatic heterocycles. The predicted octanol–water partition coefficient (Wildman–Crippen LogP) is 2.66. The lowest BCUT2D eigenvalue weighted by Crippen LogP contribution is -2.34. The third kappa shape index (κ3) is 3.57. The molecule has 0 aliphatic heterocycles. The lowest BCUT2D eigenvalue weighted by molar-refractivity contribution is -0.127. The van der Waals surface area contributed by atoms with Gasteiger partial charge in [0.25, 0.3) is 5.91 Å². The largest absolute Gasteiger partial charge is 0.481 e. The summed E-state index contributed by atoms with van der Waals surface area (Å²) in [5.74, 6) is 0.465. The number of hydrogen-bond donors (Lipinski definition) is 1. The first kappa shape index (κ1) is 17.2. The van der Waals surface area contributed by atoms with Crippen molar-refractivity contribution in [2.24, 2.45) is 12.1 Å². The van der Waals surface area contributed by atoms with E-state index in [9.17, 15) is 4.79 Å². The van der Waals surface area contributed by atoms with E-state index in [4.69, 9.17) is 4.74 Å². The maximum atomic E-state index is 12.3. The topological polar surface area (TPSA) is 68.5 Å². The third-order valence-corrected chi connectivity index (χ3v) is 4.73. The molecule has 1 unspecified atom stereocenters. The number of hydrogen-bond acceptors (Lipinski definition) is 4. The van der Waals surface area contributed by atoms with E-state index in [1.807, 2.05) is 50.0 Å². The van der Waals surface area contributed by atoms with Gasteiger partial charge in [0.1, 0.15) is 5.75 Å². The van der Waals surface area contributed by atoms with Crippen LogP contribution in [0.25, 0.3) is 0 Å². The van der Waals surface area contributed by atoms with Crippen LogP contribution in [-0.4, -0.2) is 27.5 Å². The molecule has 1 aromatic carbocycles. The second-order valence-corrected chi connectivity index (χ2v) is 6.47. The Morgan fingerprint density at radius 3 is 2.96 bits per heavy atom. The zero-order valence-corrected chi connectivity index (χ0v) is 15.2. The molecule has 1 heterocycles. The fraction of sp³-hybridized carbons (Fsp3) is 0.421. The summed E-state index contributed by atoms with van der Waals surface area (Å²) in [5, 5.41) is 8.61. The number of nitrogens with zero attached hydrogens (tertiary/aromatic N) is 3. The molecule has 1 aliphatic rings. The summed E-state index contributed by atoms with van der Waals surface area (Å²) in [7, 11) is 1.93. The van der Waals surface area contributed by atoms with Crippen molar-refractivity contribution in [2.75, 3.05) is 0 Å². The summed E-state index contributed by atoms with van der Waals surface area (Å²) in [6, 6.07) is 5.82. The van der Waals surface area contributed by atoms with Crippen molar-refractivity contribution in [2.45, 2.75) is 46.1 Å². The maximum absolute atomic E-state index is 12.3. The Hall–Kier alpha value is -2.63. The number of rotatable bonds is 4. The first-order valence-corrected chi connectivity index (χ1v) is 8.58. The van der Waals surface area contributed by atoms with Gasteiger partial charge in [-0.25, -0.2) is 5.43 Å². The number of fused-ring (bicyclic) bond motifs is 1. The summed E-state index contributed by atoms with van der Waals surface area (Å²) in [5.41, 5.74) is 7.89. The fourth-order valence-electron chi connectivity index (χ4n) is 2.98. The lowest BCUT2D eigenvalue weighted by atomic mass is 9.96. The van der Waals surface area contributed by atoms with E-state index in [1.54, 1.807) is 6.92 Å². The fourth-order valence-corrected chi connectivity index (χ4v) is 2.98. The van der Waals surface area contributed by atoms with Gasteiger partial charge in [-0.3, -0.25) is 9.48 Å². The van der Waals surface area contributed by atoms with Crippen molar-refractivity contribution in [1.29, 1.82) is 0 Å². The highest BCUT2D eigenvalue weighted by Crippen LogP contribution is 2.22. The molecule has 1 amide bonds. The van der Waals surface area contributed by atoms with Crippen LogP contribution >= 0.6 is 0 Å². The van der Waals surface area contributed by atoms with Gasteiger partial charge in [-0.2, -0.15) is 10.2 Å². The van der Waals surface area contributed by atoms with Gasteiger partial charge < -0.3 is 4.74 Å². The minimum Gasteiger partial charge on any atom is -0.481 e. The van der Waals surface area contributed by atoms with E-state index < -0.39 is 6.10 Å². The van der Waals surface area contributed by atoms with Crippen LogP contribution in [-0.2, 0) is 18.3 Å². The molecule has 0 fully saturated rings. The molecule has 132 valence electrons. The van der Waals surface area contributed by atoms with Crippen molar-refractivity contribution < 1.29 is 9.53 Å². The van der Waals surface area contributed by atoms with Crippen molar-refractivity contribution >= 4 is 11.6 Å². The van der Waals surface area contributed by atoms with Crippen LogP contribution in [0.2, 0.25) is 0 Å². The van der Waals surface area contributed by atoms with Gasteiger partial charge in [-0.05, 0) is 57.2 Å². The second kappa shape index (κ2) is 7.09. The summed E-state index contributed by atoms with van der Waals surface area (Å²) in [6.45, 7) is 5.74. The smallest absolute Gasteiger partial charge is 0.280 e. The highest BCUT2D eigenvalue weighted by molar-refractivity contribution is 6.02. The quantitative estimate of drug-likeness (QED) is 0.870. The number of ether oxygens (including phenoxy) is 1. The van der Waals surface area contributed by atoms with Gasteiger partial charge in [0.15, 0.2) is 6.10 Å². The monoisotopic (exact) mass is 340 g/mol. The zero-order valence-electron chi connectivity index (χ0n) is 15.2. The van der Waals surface area contributed by atoms with Crippen LogP contribution in [0.15, 0.2) is 29.5 Å². The first-order valence-electron chi connectivity index (χ1n) is 8.58. The third-order valence-electron chi connectivity index (χ3n) is 4.73. The van der Waals surface area contributed by atoms with Gasteiger partial charge in [-0.15, -0.1) is 0 Å². The molecule has 0 bridgehead atoms. The molecule has 1 atom stereocenters. The number of aryl methyl sites for hydroxylation is 2. The molecular formula is C19H24N4O2. The van der Waals surface area contributed by atoms with Gasteiger partial charge in [0, 0.05) is 18.3 Å². The van der Waals surface area contributed by atoms with Crippen LogP contribution in [0, 0.1) is 13.8 Å². The highest BCUT2D eigenvalue weighted by Gasteiger charge is 2.21. The van der Waals surface area contributed by atoms with E-state index in [2.05, 4.69) is 15.6 Å². The second-order valence-electron chi connectivity index (χ2n) is 6.47. The van der Waals surface area contributed by atoms with E-state index in [0.29, 0.717) is 0 Å². The van der Waals surface area contributed by atoms with Gasteiger partial charge in [0.05, 0.1) is 11.9 Å². The Morgan fingerprint density at radius 2 is 2.16 bits per heavy atom. The molecule has 6 nitrogen and oxygen atoms in total. The Labute approximate surface area is 147 Å². The Morgan fingerprint density at radius 1 is 1.36 bits per heavy atom. The van der Waals surface area contributed by atoms with Gasteiger partial charge in [0.2, 0.25) is 0 Å². The molecule has 1 aliphatic carbocycles. The predicted molar refractivity (Wildman–Crippen MR) is 96.8 cm³/mol. The Balaban J connectivity index is 1.67. The molecule has 0 saturated heterocycles. The molecule has 0 saturated carbocycles. The number of carbonyl (C=O) groups is 1. The van der Waals surface area contributed by atoms with E-state index in [0.717, 1.165) is 47.4 Å². The van der Waals surface area contributed by atoms with Crippen LogP contribution in [0.4, 0.5) is 0 Å². The Bertz CT molecular complexity index is 823. The van der Waals surface area contributed by atoms with Gasteiger partial charge >= 0.3 is 0 Å². The van der Waals surface area contributed by atoms with Crippen LogP contribution in [0.5, 0.6) is 5.75 Å². The molecule has 6 heteroatoms. The summed E-state index contributed by atoms with van der Waals surface area (Å²) >= 11 is 0. The van der Waals surface area contributed by atoms with E-state index in [-0.39, 0.29) is 5.91 Å². The maximum Gasteiger partial charge on any atom is 0.280 e. The molecule has 1 N–H and O–H groups in total. The van der Waals surface area contributed by atoms with Crippen molar-refractivity contribution in [3.63, 3.8) is 0 Å². The standard InChI is InChI=1S/C19H24N4O2/c1-12-7-5-10-18(13(12)2)25-14(3)19(24)22-21-16-8-6-9-17-15(16)11-20-23(17)4/h5,7,10-11,14H,6,8-9H2,1-4H3,(H,22,24)/b21-16-. The first-order chi connectivity index (χ1) is 12.0. The number of nitrogens with one attached hydrogen (secondary N) is 1. The average molecular weight is 340 g/mol. The minimum absolute atomic E-state index is 0.260. The number of aromatic nitrogens is 2. The van der Waals surface area contributed by atoms with Crippen LogP contribution < -0.4 is 10.2 Å².